The summed E-state index contributed by atoms with van der Waals surface area (Å²) in [5, 5.41) is 14.3. The summed E-state index contributed by atoms with van der Waals surface area (Å²) in [7, 11) is 1.16. The second-order valence-electron chi connectivity index (χ2n) is 3.11. The van der Waals surface area contributed by atoms with E-state index in [9.17, 15) is 14.9 Å². The molecule has 0 amide bonds. The fourth-order valence-electron chi connectivity index (χ4n) is 1.19. The highest BCUT2D eigenvalue weighted by atomic mass is 35.5. The Kier molecular flexibility index (Phi) is 3.33. The lowest BCUT2D eigenvalue weighted by Gasteiger charge is -2.00. The van der Waals surface area contributed by atoms with Gasteiger partial charge in [0.1, 0.15) is 12.5 Å². The SMILES string of the molecule is COC(=O)c1ncn(-c2nc(Cl)ncc2[N+](=O)[O-])n1. The zero-order valence-electron chi connectivity index (χ0n) is 9.35. The number of ether oxygens (including phenoxy) is 1. The van der Waals surface area contributed by atoms with Crippen LogP contribution in [0, 0.1) is 10.1 Å². The number of carbonyl (C=O) groups excluding carboxylic acids is 1. The normalized spacial score (nSPS) is 10.2. The van der Waals surface area contributed by atoms with Gasteiger partial charge in [-0.1, -0.05) is 0 Å². The van der Waals surface area contributed by atoms with Crippen LogP contribution in [0.4, 0.5) is 5.69 Å². The van der Waals surface area contributed by atoms with Gasteiger partial charge >= 0.3 is 11.7 Å². The fourth-order valence-corrected chi connectivity index (χ4v) is 1.32. The third-order valence-corrected chi connectivity index (χ3v) is 2.18. The molecule has 98 valence electrons. The molecule has 0 aromatic carbocycles. The number of esters is 1. The van der Waals surface area contributed by atoms with Crippen LogP contribution in [-0.2, 0) is 4.74 Å². The third kappa shape index (κ3) is 2.47. The van der Waals surface area contributed by atoms with E-state index in [4.69, 9.17) is 11.6 Å². The van der Waals surface area contributed by atoms with Crippen molar-refractivity contribution in [1.29, 1.82) is 0 Å². The van der Waals surface area contributed by atoms with Crippen molar-refractivity contribution in [3.63, 3.8) is 0 Å². The second kappa shape index (κ2) is 4.94. The van der Waals surface area contributed by atoms with Crippen LogP contribution in [0.1, 0.15) is 10.6 Å². The first-order valence-electron chi connectivity index (χ1n) is 4.70. The highest BCUT2D eigenvalue weighted by molar-refractivity contribution is 6.28. The molecular weight excluding hydrogens is 280 g/mol. The summed E-state index contributed by atoms with van der Waals surface area (Å²) >= 11 is 5.57. The van der Waals surface area contributed by atoms with Gasteiger partial charge in [0.25, 0.3) is 5.82 Å². The summed E-state index contributed by atoms with van der Waals surface area (Å²) in [5.74, 6) is -1.24. The molecule has 0 atom stereocenters. The largest absolute Gasteiger partial charge is 0.463 e. The lowest BCUT2D eigenvalue weighted by atomic mass is 10.5. The zero-order valence-corrected chi connectivity index (χ0v) is 10.1. The van der Waals surface area contributed by atoms with Crippen LogP contribution >= 0.6 is 11.6 Å². The number of hydrogen-bond acceptors (Lipinski definition) is 8. The first-order chi connectivity index (χ1) is 9.02. The number of rotatable bonds is 3. The standard InChI is InChI=1S/C8H5ClN6O4/c1-19-7(16)5-11-3-14(13-5)6-4(15(17)18)2-10-8(9)12-6/h2-3H,1H3. The number of halogens is 1. The van der Waals surface area contributed by atoms with Gasteiger partial charge in [0.05, 0.1) is 12.0 Å². The molecule has 0 fully saturated rings. The van der Waals surface area contributed by atoms with Gasteiger partial charge in [-0.05, 0) is 11.6 Å². The summed E-state index contributed by atoms with van der Waals surface area (Å²) in [6, 6.07) is 0. The predicted octanol–water partition coefficient (Wildman–Crippen LogP) is 0.405. The molecule has 2 heterocycles. The van der Waals surface area contributed by atoms with Gasteiger partial charge < -0.3 is 4.74 Å². The van der Waals surface area contributed by atoms with Crippen molar-refractivity contribution in [3.8, 4) is 5.82 Å². The van der Waals surface area contributed by atoms with Crippen molar-refractivity contribution in [1.82, 2.24) is 24.7 Å². The van der Waals surface area contributed by atoms with Gasteiger partial charge in [0.2, 0.25) is 11.1 Å². The second-order valence-corrected chi connectivity index (χ2v) is 3.45. The molecule has 0 saturated carbocycles. The van der Waals surface area contributed by atoms with E-state index in [1.54, 1.807) is 0 Å². The average molecular weight is 285 g/mol. The number of nitro groups is 1. The predicted molar refractivity (Wildman–Crippen MR) is 60.0 cm³/mol. The van der Waals surface area contributed by atoms with Gasteiger partial charge in [-0.25, -0.2) is 14.8 Å². The molecule has 10 nitrogen and oxygen atoms in total. The molecule has 11 heteroatoms. The van der Waals surface area contributed by atoms with Crippen LogP contribution in [0.3, 0.4) is 0 Å². The van der Waals surface area contributed by atoms with E-state index < -0.39 is 16.6 Å². The van der Waals surface area contributed by atoms with Crippen molar-refractivity contribution in [2.45, 2.75) is 0 Å². The smallest absolute Gasteiger partial charge is 0.377 e. The molecule has 0 bridgehead atoms. The molecule has 0 aliphatic carbocycles. The lowest BCUT2D eigenvalue weighted by Crippen LogP contribution is -2.08. The minimum absolute atomic E-state index is 0.198. The first kappa shape index (κ1) is 12.8. The van der Waals surface area contributed by atoms with Crippen molar-refractivity contribution in [3.05, 3.63) is 33.7 Å². The molecule has 2 aromatic rings. The van der Waals surface area contributed by atoms with Crippen LogP contribution in [0.5, 0.6) is 0 Å². The zero-order chi connectivity index (χ0) is 14.0. The number of nitrogens with zero attached hydrogens (tertiary/aromatic N) is 6. The molecule has 0 radical (unpaired) electrons. The van der Waals surface area contributed by atoms with Gasteiger partial charge in [0, 0.05) is 0 Å². The number of methoxy groups -OCH3 is 1. The molecule has 0 N–H and O–H groups in total. The summed E-state index contributed by atoms with van der Waals surface area (Å²) in [4.78, 5) is 32.2. The maximum atomic E-state index is 11.2. The van der Waals surface area contributed by atoms with E-state index >= 15 is 0 Å². The summed E-state index contributed by atoms with van der Waals surface area (Å²) in [5.41, 5.74) is -0.425. The van der Waals surface area contributed by atoms with E-state index in [0.717, 1.165) is 24.3 Å². The van der Waals surface area contributed by atoms with Crippen molar-refractivity contribution < 1.29 is 14.5 Å². The number of carbonyl (C=O) groups is 1. The molecule has 0 saturated heterocycles. The van der Waals surface area contributed by atoms with Crippen LogP contribution in [0.25, 0.3) is 5.82 Å². The Hall–Kier alpha value is -2.62. The Bertz CT molecular complexity index is 656. The molecule has 0 spiro atoms. The molecule has 0 unspecified atom stereocenters. The molecule has 0 aliphatic heterocycles. The maximum Gasteiger partial charge on any atom is 0.377 e. The monoisotopic (exact) mass is 284 g/mol. The Morgan fingerprint density at radius 2 is 2.26 bits per heavy atom. The minimum Gasteiger partial charge on any atom is -0.463 e. The van der Waals surface area contributed by atoms with Crippen LogP contribution in [0.15, 0.2) is 12.5 Å². The topological polar surface area (TPSA) is 126 Å². The summed E-state index contributed by atoms with van der Waals surface area (Å²) in [6.45, 7) is 0. The third-order valence-electron chi connectivity index (χ3n) is 1.99. The molecule has 2 aromatic heterocycles. The highest BCUT2D eigenvalue weighted by Gasteiger charge is 2.21. The van der Waals surface area contributed by atoms with E-state index in [1.807, 2.05) is 0 Å². The Morgan fingerprint density at radius 3 is 2.89 bits per heavy atom. The van der Waals surface area contributed by atoms with Crippen LogP contribution in [-0.4, -0.2) is 42.7 Å². The van der Waals surface area contributed by atoms with Gasteiger partial charge in [-0.3, -0.25) is 10.1 Å². The number of hydrogen-bond donors (Lipinski definition) is 0. The van der Waals surface area contributed by atoms with E-state index in [2.05, 4.69) is 24.8 Å². The Morgan fingerprint density at radius 1 is 1.53 bits per heavy atom. The van der Waals surface area contributed by atoms with Gasteiger partial charge in [-0.15, -0.1) is 5.10 Å². The van der Waals surface area contributed by atoms with Crippen LogP contribution in [0.2, 0.25) is 5.28 Å². The fraction of sp³-hybridized carbons (Fsp3) is 0.125. The quantitative estimate of drug-likeness (QED) is 0.343. The summed E-state index contributed by atoms with van der Waals surface area (Å²) in [6.07, 6.45) is 2.02. The van der Waals surface area contributed by atoms with Gasteiger partial charge in [0.15, 0.2) is 0 Å². The maximum absolute atomic E-state index is 11.2. The first-order valence-corrected chi connectivity index (χ1v) is 5.08. The molecule has 0 aliphatic rings. The molecule has 19 heavy (non-hydrogen) atoms. The highest BCUT2D eigenvalue weighted by Crippen LogP contribution is 2.20. The van der Waals surface area contributed by atoms with E-state index in [1.165, 1.54) is 0 Å². The minimum atomic E-state index is -0.776. The summed E-state index contributed by atoms with van der Waals surface area (Å²) < 4.78 is 5.36. The molecule has 2 rings (SSSR count). The molecular formula is C8H5ClN6O4. The van der Waals surface area contributed by atoms with E-state index in [-0.39, 0.29) is 16.9 Å². The Labute approximate surface area is 110 Å². The van der Waals surface area contributed by atoms with Crippen molar-refractivity contribution in [2.24, 2.45) is 0 Å². The van der Waals surface area contributed by atoms with Gasteiger partial charge in [-0.2, -0.15) is 9.67 Å². The lowest BCUT2D eigenvalue weighted by molar-refractivity contribution is -0.385. The average Bonchev–Trinajstić information content (AvgIpc) is 2.86. The van der Waals surface area contributed by atoms with E-state index in [0.29, 0.717) is 0 Å². The van der Waals surface area contributed by atoms with Crippen molar-refractivity contribution >= 4 is 23.3 Å². The number of aromatic nitrogens is 5. The van der Waals surface area contributed by atoms with Crippen LogP contribution < -0.4 is 0 Å². The Balaban J connectivity index is 2.52. The van der Waals surface area contributed by atoms with Crippen molar-refractivity contribution in [2.75, 3.05) is 7.11 Å².